The van der Waals surface area contributed by atoms with Crippen molar-refractivity contribution in [3.8, 4) is 5.75 Å². The minimum Gasteiger partial charge on any atom is -0.492 e. The molecule has 1 aromatic carbocycles. The Hall–Kier alpha value is -1.49. The van der Waals surface area contributed by atoms with Crippen LogP contribution in [0.1, 0.15) is 39.5 Å². The summed E-state index contributed by atoms with van der Waals surface area (Å²) in [7, 11) is 0. The number of ether oxygens (including phenoxy) is 1. The van der Waals surface area contributed by atoms with Crippen molar-refractivity contribution in [1.29, 1.82) is 0 Å². The zero-order valence-electron chi connectivity index (χ0n) is 13.8. The Bertz CT molecular complexity index is 596. The van der Waals surface area contributed by atoms with Crippen LogP contribution in [0.25, 0.3) is 0 Å². The Labute approximate surface area is 142 Å². The first-order valence-corrected chi connectivity index (χ1v) is 9.45. The molecule has 1 heterocycles. The molecule has 124 valence electrons. The van der Waals surface area contributed by atoms with E-state index in [4.69, 9.17) is 9.73 Å². The third-order valence-corrected chi connectivity index (χ3v) is 5.62. The Morgan fingerprint density at radius 1 is 1.35 bits per heavy atom. The minimum atomic E-state index is 0.184. The maximum atomic E-state index is 12.9. The fourth-order valence-corrected chi connectivity index (χ4v) is 4.34. The van der Waals surface area contributed by atoms with E-state index in [1.165, 1.54) is 12.8 Å². The number of thioether (sulfide) groups is 1. The number of rotatable bonds is 4. The summed E-state index contributed by atoms with van der Waals surface area (Å²) in [6.07, 6.45) is 4.39. The SMILES string of the molecule is CCOc1ccccc1N=C1SC[C@@H](C)N1C(=O)C1CCCC1. The first-order valence-electron chi connectivity index (χ1n) is 8.47. The molecule has 2 fully saturated rings. The lowest BCUT2D eigenvalue weighted by molar-refractivity contribution is -0.132. The van der Waals surface area contributed by atoms with Gasteiger partial charge in [-0.3, -0.25) is 9.69 Å². The van der Waals surface area contributed by atoms with Crippen LogP contribution < -0.4 is 4.74 Å². The molecular weight excluding hydrogens is 308 g/mol. The van der Waals surface area contributed by atoms with Gasteiger partial charge >= 0.3 is 0 Å². The molecule has 1 amide bonds. The second kappa shape index (κ2) is 7.39. The molecule has 4 nitrogen and oxygen atoms in total. The highest BCUT2D eigenvalue weighted by Crippen LogP contribution is 2.35. The zero-order chi connectivity index (χ0) is 16.2. The quantitative estimate of drug-likeness (QED) is 0.829. The van der Waals surface area contributed by atoms with Gasteiger partial charge in [0.2, 0.25) is 5.91 Å². The predicted molar refractivity (Wildman–Crippen MR) is 95.4 cm³/mol. The van der Waals surface area contributed by atoms with Gasteiger partial charge in [0, 0.05) is 17.7 Å². The van der Waals surface area contributed by atoms with Crippen molar-refractivity contribution in [2.24, 2.45) is 10.9 Å². The highest BCUT2D eigenvalue weighted by Gasteiger charge is 2.37. The van der Waals surface area contributed by atoms with Crippen molar-refractivity contribution in [3.05, 3.63) is 24.3 Å². The number of benzene rings is 1. The largest absolute Gasteiger partial charge is 0.492 e. The molecule has 0 bridgehead atoms. The monoisotopic (exact) mass is 332 g/mol. The number of carbonyl (C=O) groups excluding carboxylic acids is 1. The van der Waals surface area contributed by atoms with E-state index in [0.717, 1.165) is 35.2 Å². The molecule has 0 unspecified atom stereocenters. The molecule has 1 aliphatic heterocycles. The molecule has 1 aromatic rings. The normalized spacial score (nSPS) is 23.7. The summed E-state index contributed by atoms with van der Waals surface area (Å²) in [6, 6.07) is 7.98. The third-order valence-electron chi connectivity index (χ3n) is 4.42. The van der Waals surface area contributed by atoms with Gasteiger partial charge in [-0.1, -0.05) is 36.7 Å². The topological polar surface area (TPSA) is 41.9 Å². The van der Waals surface area contributed by atoms with Gasteiger partial charge in [0.1, 0.15) is 11.4 Å². The minimum absolute atomic E-state index is 0.184. The first-order chi connectivity index (χ1) is 11.2. The molecule has 3 rings (SSSR count). The molecule has 5 heteroatoms. The standard InChI is InChI=1S/C18H24N2O2S/c1-3-22-16-11-7-6-10-15(16)19-18-20(13(2)12-23-18)17(21)14-8-4-5-9-14/h6-7,10-11,13-14H,3-5,8-9,12H2,1-2H3/t13-/m1/s1. The van der Waals surface area contributed by atoms with Crippen molar-refractivity contribution >= 4 is 28.5 Å². The molecule has 0 aromatic heterocycles. The van der Waals surface area contributed by atoms with E-state index in [9.17, 15) is 4.79 Å². The van der Waals surface area contributed by atoms with Crippen LogP contribution in [0.4, 0.5) is 5.69 Å². The molecule has 0 N–H and O–H groups in total. The van der Waals surface area contributed by atoms with E-state index in [-0.39, 0.29) is 17.9 Å². The highest BCUT2D eigenvalue weighted by molar-refractivity contribution is 8.14. The number of amidine groups is 1. The molecular formula is C18H24N2O2S. The lowest BCUT2D eigenvalue weighted by Crippen LogP contribution is -2.40. The fraction of sp³-hybridized carbons (Fsp3) is 0.556. The van der Waals surface area contributed by atoms with E-state index in [0.29, 0.717) is 6.61 Å². The average molecular weight is 332 g/mol. The van der Waals surface area contributed by atoms with Gasteiger partial charge < -0.3 is 4.74 Å². The lowest BCUT2D eigenvalue weighted by Gasteiger charge is -2.24. The molecule has 1 saturated heterocycles. The number of nitrogens with zero attached hydrogens (tertiary/aromatic N) is 2. The number of hydrogen-bond acceptors (Lipinski definition) is 4. The molecule has 1 saturated carbocycles. The summed E-state index contributed by atoms with van der Waals surface area (Å²) in [5.41, 5.74) is 0.801. The number of hydrogen-bond donors (Lipinski definition) is 0. The van der Waals surface area contributed by atoms with Crippen LogP contribution in [0, 0.1) is 5.92 Å². The molecule has 23 heavy (non-hydrogen) atoms. The summed E-state index contributed by atoms with van der Waals surface area (Å²) in [5, 5.41) is 0.821. The Balaban J connectivity index is 1.86. The second-order valence-corrected chi connectivity index (χ2v) is 7.13. The average Bonchev–Trinajstić information content (AvgIpc) is 3.19. The summed E-state index contributed by atoms with van der Waals surface area (Å²) >= 11 is 1.67. The van der Waals surface area contributed by atoms with Crippen molar-refractivity contribution in [1.82, 2.24) is 4.90 Å². The van der Waals surface area contributed by atoms with Gasteiger partial charge in [-0.25, -0.2) is 4.99 Å². The molecule has 0 spiro atoms. The summed E-state index contributed by atoms with van der Waals surface area (Å²) in [4.78, 5) is 19.6. The van der Waals surface area contributed by atoms with E-state index in [1.807, 2.05) is 36.1 Å². The molecule has 2 aliphatic rings. The van der Waals surface area contributed by atoms with Gasteiger partial charge in [0.15, 0.2) is 5.17 Å². The van der Waals surface area contributed by atoms with Crippen LogP contribution in [0.2, 0.25) is 0 Å². The van der Waals surface area contributed by atoms with E-state index < -0.39 is 0 Å². The second-order valence-electron chi connectivity index (χ2n) is 6.14. The summed E-state index contributed by atoms with van der Waals surface area (Å²) < 4.78 is 5.65. The maximum absolute atomic E-state index is 12.9. The van der Waals surface area contributed by atoms with Crippen LogP contribution in [-0.2, 0) is 4.79 Å². The van der Waals surface area contributed by atoms with Gasteiger partial charge in [-0.05, 0) is 38.8 Å². The van der Waals surface area contributed by atoms with Gasteiger partial charge in [-0.15, -0.1) is 0 Å². The van der Waals surface area contributed by atoms with E-state index in [2.05, 4.69) is 6.92 Å². The van der Waals surface area contributed by atoms with Gasteiger partial charge in [0.25, 0.3) is 0 Å². The van der Waals surface area contributed by atoms with Crippen molar-refractivity contribution in [2.45, 2.75) is 45.6 Å². The van der Waals surface area contributed by atoms with Crippen LogP contribution in [0.3, 0.4) is 0 Å². The van der Waals surface area contributed by atoms with Crippen LogP contribution in [0.5, 0.6) is 5.75 Å². The van der Waals surface area contributed by atoms with Crippen LogP contribution >= 0.6 is 11.8 Å². The smallest absolute Gasteiger partial charge is 0.231 e. The number of para-hydroxylation sites is 2. The summed E-state index contributed by atoms with van der Waals surface area (Å²) in [6.45, 7) is 4.68. The van der Waals surface area contributed by atoms with Gasteiger partial charge in [-0.2, -0.15) is 0 Å². The zero-order valence-corrected chi connectivity index (χ0v) is 14.6. The number of amides is 1. The maximum Gasteiger partial charge on any atom is 0.231 e. The Morgan fingerprint density at radius 3 is 2.83 bits per heavy atom. The molecule has 0 radical (unpaired) electrons. The highest BCUT2D eigenvalue weighted by atomic mass is 32.2. The molecule has 1 atom stereocenters. The van der Waals surface area contributed by atoms with Crippen molar-refractivity contribution in [3.63, 3.8) is 0 Å². The van der Waals surface area contributed by atoms with Crippen LogP contribution in [0.15, 0.2) is 29.3 Å². The number of carbonyl (C=O) groups is 1. The van der Waals surface area contributed by atoms with E-state index >= 15 is 0 Å². The van der Waals surface area contributed by atoms with E-state index in [1.54, 1.807) is 11.8 Å². The molecule has 1 aliphatic carbocycles. The van der Waals surface area contributed by atoms with Crippen molar-refractivity contribution < 1.29 is 9.53 Å². The third kappa shape index (κ3) is 3.55. The first kappa shape index (κ1) is 16.4. The fourth-order valence-electron chi connectivity index (χ4n) is 3.22. The predicted octanol–water partition coefficient (Wildman–Crippen LogP) is 4.23. The lowest BCUT2D eigenvalue weighted by atomic mass is 10.1. The Morgan fingerprint density at radius 2 is 2.09 bits per heavy atom. The number of aliphatic imine (C=N–C) groups is 1. The van der Waals surface area contributed by atoms with Crippen molar-refractivity contribution in [2.75, 3.05) is 12.4 Å². The van der Waals surface area contributed by atoms with Gasteiger partial charge in [0.05, 0.1) is 6.61 Å². The summed E-state index contributed by atoms with van der Waals surface area (Å²) in [5.74, 6) is 2.13. The van der Waals surface area contributed by atoms with Crippen LogP contribution in [-0.4, -0.2) is 34.4 Å². The Kier molecular flexibility index (Phi) is 5.26.